The highest BCUT2D eigenvalue weighted by Gasteiger charge is 2.42. The van der Waals surface area contributed by atoms with Crippen molar-refractivity contribution < 1.29 is 43.4 Å². The number of amides is 1. The van der Waals surface area contributed by atoms with E-state index in [1.807, 2.05) is 6.92 Å². The van der Waals surface area contributed by atoms with Crippen molar-refractivity contribution >= 4 is 47.2 Å². The molecule has 1 unspecified atom stereocenters. The molecule has 7 nitrogen and oxygen atoms in total. The van der Waals surface area contributed by atoms with Gasteiger partial charge in [0.2, 0.25) is 5.71 Å². The smallest absolute Gasteiger partial charge is 0.417 e. The van der Waals surface area contributed by atoms with Gasteiger partial charge in [0.15, 0.2) is 12.8 Å². The summed E-state index contributed by atoms with van der Waals surface area (Å²) in [5.74, 6) is -2.15. The number of allylic oxidation sites excluding steroid dienone is 2. The van der Waals surface area contributed by atoms with Gasteiger partial charge >= 0.3 is 12.1 Å². The van der Waals surface area contributed by atoms with E-state index in [1.54, 1.807) is 6.21 Å². The number of aliphatic hydroxyl groups excluding tert-OH is 1. The van der Waals surface area contributed by atoms with Gasteiger partial charge < -0.3 is 15.5 Å². The number of carboxylic acids is 1. The number of hydrogen-bond acceptors (Lipinski definition) is 4. The van der Waals surface area contributed by atoms with E-state index in [9.17, 15) is 22.8 Å². The van der Waals surface area contributed by atoms with Crippen molar-refractivity contribution in [3.8, 4) is 0 Å². The normalized spacial score (nSPS) is 18.1. The zero-order valence-corrected chi connectivity index (χ0v) is 20.5. The van der Waals surface area contributed by atoms with Crippen LogP contribution in [0.5, 0.6) is 0 Å². The van der Waals surface area contributed by atoms with Crippen LogP contribution in [0.2, 0.25) is 5.02 Å². The van der Waals surface area contributed by atoms with Crippen LogP contribution in [0.3, 0.4) is 0 Å². The highest BCUT2D eigenvalue weighted by molar-refractivity contribution is 8.06. The zero-order chi connectivity index (χ0) is 26.7. The summed E-state index contributed by atoms with van der Waals surface area (Å²) in [6.45, 7) is 1.99. The van der Waals surface area contributed by atoms with Crippen molar-refractivity contribution in [3.05, 3.63) is 80.3 Å². The topological polar surface area (TPSA) is 126 Å². The summed E-state index contributed by atoms with van der Waals surface area (Å²) < 4.78 is 40.0. The number of hydrogen-bond donors (Lipinski definition) is 5. The Morgan fingerprint density at radius 2 is 1.86 bits per heavy atom. The molecule has 0 fully saturated rings. The Hall–Kier alpha value is -3.15. The summed E-state index contributed by atoms with van der Waals surface area (Å²) in [5.41, 5.74) is -0.859. The zero-order valence-electron chi connectivity index (χ0n) is 18.9. The number of carboxylic acid groups (broad SMARTS) is 1. The first-order valence-corrected chi connectivity index (χ1v) is 11.8. The van der Waals surface area contributed by atoms with Crippen molar-refractivity contribution in [2.24, 2.45) is 0 Å². The number of thioether (sulfide) groups is 1. The predicted octanol–water partition coefficient (Wildman–Crippen LogP) is 1.29. The Bertz CT molecular complexity index is 1260. The van der Waals surface area contributed by atoms with E-state index in [0.29, 0.717) is 10.5 Å². The Morgan fingerprint density at radius 1 is 1.22 bits per heavy atom. The lowest BCUT2D eigenvalue weighted by atomic mass is 10.0. The molecular formula is C24H23ClF3N3O4S+2. The van der Waals surface area contributed by atoms with Crippen LogP contribution in [-0.4, -0.2) is 51.9 Å². The quantitative estimate of drug-likeness (QED) is 0.322. The average molecular weight is 542 g/mol. The van der Waals surface area contributed by atoms with Gasteiger partial charge in [-0.1, -0.05) is 17.7 Å². The summed E-state index contributed by atoms with van der Waals surface area (Å²) >= 11 is 7.26. The molecule has 1 aliphatic heterocycles. The van der Waals surface area contributed by atoms with Crippen molar-refractivity contribution in [1.82, 2.24) is 5.32 Å². The molecule has 36 heavy (non-hydrogen) atoms. The maximum Gasteiger partial charge on any atom is 0.417 e. The Labute approximate surface area is 213 Å². The third kappa shape index (κ3) is 6.15. The number of aromatic carboxylic acids is 1. The van der Waals surface area contributed by atoms with Crippen LogP contribution in [0.4, 0.5) is 13.2 Å². The van der Waals surface area contributed by atoms with E-state index in [0.717, 1.165) is 12.1 Å². The second-order valence-electron chi connectivity index (χ2n) is 8.13. The fraction of sp³-hybridized carbons (Fsp3) is 0.250. The van der Waals surface area contributed by atoms with E-state index < -0.39 is 33.9 Å². The molecule has 1 amide bonds. The van der Waals surface area contributed by atoms with Gasteiger partial charge in [0.25, 0.3) is 5.91 Å². The molecule has 6 N–H and O–H groups in total. The second kappa shape index (κ2) is 10.9. The number of alkyl halides is 3. The Kier molecular flexibility index (Phi) is 8.27. The molecule has 0 saturated carbocycles. The molecule has 0 bridgehead atoms. The first-order valence-electron chi connectivity index (χ1n) is 10.6. The molecule has 3 rings (SSSR count). The third-order valence-corrected chi connectivity index (χ3v) is 7.01. The predicted molar refractivity (Wildman–Crippen MR) is 130 cm³/mol. The third-order valence-electron chi connectivity index (χ3n) is 5.30. The van der Waals surface area contributed by atoms with Gasteiger partial charge in [0.05, 0.1) is 31.4 Å². The number of carbonyl (C=O) groups excluding carboxylic acids is 1. The lowest BCUT2D eigenvalue weighted by Gasteiger charge is -2.16. The Balaban J connectivity index is 2.01. The molecule has 0 aromatic heterocycles. The van der Waals surface area contributed by atoms with E-state index in [1.165, 1.54) is 42.1 Å². The van der Waals surface area contributed by atoms with E-state index in [-0.39, 0.29) is 41.6 Å². The molecule has 190 valence electrons. The molecule has 0 radical (unpaired) electrons. The summed E-state index contributed by atoms with van der Waals surface area (Å²) in [6.07, 6.45) is -2.89. The van der Waals surface area contributed by atoms with Gasteiger partial charge in [-0.25, -0.2) is 9.79 Å². The summed E-state index contributed by atoms with van der Waals surface area (Å²) in [7, 11) is 0. The summed E-state index contributed by atoms with van der Waals surface area (Å²) in [5, 5.41) is 26.8. The molecule has 0 aliphatic carbocycles. The molecule has 2 aromatic rings. The van der Waals surface area contributed by atoms with Gasteiger partial charge in [0.1, 0.15) is 6.61 Å². The largest absolute Gasteiger partial charge is 0.478 e. The van der Waals surface area contributed by atoms with Crippen LogP contribution in [0.1, 0.15) is 45.2 Å². The van der Waals surface area contributed by atoms with E-state index in [4.69, 9.17) is 27.2 Å². The average Bonchev–Trinajstić information content (AvgIpc) is 3.14. The van der Waals surface area contributed by atoms with E-state index in [2.05, 4.69) is 10.3 Å². The number of halogens is 4. The number of carbonyl (C=O) groups is 2. The molecule has 1 atom stereocenters. The molecule has 0 saturated heterocycles. The molecule has 0 spiro atoms. The minimum atomic E-state index is -4.80. The number of benzene rings is 2. The SMILES string of the molecule is CC1(C=[NH+]CCO)CC(NC(=O)c2c(Cl)cccc2C(F)(F)F)=C(C(=[NH2+])c2ccc(C(=O)O)cc2)S1. The van der Waals surface area contributed by atoms with Crippen LogP contribution < -0.4 is 15.7 Å². The lowest BCUT2D eigenvalue weighted by molar-refractivity contribution is -0.456. The molecular weight excluding hydrogens is 519 g/mol. The number of aliphatic hydroxyl groups is 1. The van der Waals surface area contributed by atoms with Gasteiger partial charge in [-0.15, -0.1) is 11.8 Å². The minimum Gasteiger partial charge on any atom is -0.478 e. The monoisotopic (exact) mass is 541 g/mol. The van der Waals surface area contributed by atoms with Crippen molar-refractivity contribution in [2.75, 3.05) is 13.2 Å². The van der Waals surface area contributed by atoms with E-state index >= 15 is 0 Å². The van der Waals surface area contributed by atoms with Crippen molar-refractivity contribution in [1.29, 1.82) is 0 Å². The van der Waals surface area contributed by atoms with Gasteiger partial charge in [0, 0.05) is 17.7 Å². The number of nitrogens with two attached hydrogens (primary N) is 1. The first kappa shape index (κ1) is 27.4. The minimum absolute atomic E-state index is 0.0536. The fourth-order valence-corrected chi connectivity index (χ4v) is 5.19. The van der Waals surface area contributed by atoms with Gasteiger partial charge in [-0.05, 0) is 43.3 Å². The van der Waals surface area contributed by atoms with Crippen LogP contribution >= 0.6 is 23.4 Å². The van der Waals surface area contributed by atoms with Gasteiger partial charge in [-0.2, -0.15) is 13.2 Å². The van der Waals surface area contributed by atoms with Crippen LogP contribution in [0, 0.1) is 0 Å². The first-order chi connectivity index (χ1) is 16.9. The lowest BCUT2D eigenvalue weighted by Crippen LogP contribution is -2.72. The Morgan fingerprint density at radius 3 is 2.44 bits per heavy atom. The second-order valence-corrected chi connectivity index (χ2v) is 10.1. The number of rotatable bonds is 8. The standard InChI is InChI=1S/C24H21ClF3N3O4S/c1-23(12-30-9-10-32)11-17(20(36-23)19(29)13-5-7-14(8-6-13)22(34)35)31-21(33)18-15(24(26,27)28)3-2-4-16(18)25/h2-8,12,29,32H,9-11H2,1H3,(H,31,33)(H,34,35)/p+2. The summed E-state index contributed by atoms with van der Waals surface area (Å²) in [6, 6.07) is 8.85. The maximum absolute atomic E-state index is 13.6. The number of nitrogens with one attached hydrogen (secondary N) is 2. The van der Waals surface area contributed by atoms with Gasteiger partial charge in [-0.3, -0.25) is 10.2 Å². The highest BCUT2D eigenvalue weighted by atomic mass is 35.5. The fourth-order valence-electron chi connectivity index (χ4n) is 3.63. The molecule has 1 aliphatic rings. The maximum atomic E-state index is 13.6. The summed E-state index contributed by atoms with van der Waals surface area (Å²) in [4.78, 5) is 27.6. The van der Waals surface area contributed by atoms with Crippen LogP contribution in [0.15, 0.2) is 53.1 Å². The van der Waals surface area contributed by atoms with Crippen LogP contribution in [-0.2, 0) is 6.18 Å². The molecule has 1 heterocycles. The van der Waals surface area contributed by atoms with Crippen molar-refractivity contribution in [2.45, 2.75) is 24.3 Å². The van der Waals surface area contributed by atoms with Crippen LogP contribution in [0.25, 0.3) is 0 Å². The highest BCUT2D eigenvalue weighted by Crippen LogP contribution is 2.45. The molecule has 12 heteroatoms. The van der Waals surface area contributed by atoms with Crippen molar-refractivity contribution in [3.63, 3.8) is 0 Å². The molecule has 2 aromatic carbocycles.